The van der Waals surface area contributed by atoms with Crippen LogP contribution in [0.2, 0.25) is 5.02 Å². The largest absolute Gasteiger partial charge is 0.488 e. The molecule has 2 aromatic rings. The Kier molecular flexibility index (Phi) is 5.41. The molecule has 1 aliphatic rings. The standard InChI is InChI=1S/C20H21ClN2O2/c1-23(2)12-18(14-6-4-3-5-7-14)22-20(24)16-10-15-11-17(21)8-9-19(15)25-13-16/h3-11,18H,12-13H2,1-2H3,(H,22,24). The Labute approximate surface area is 153 Å². The summed E-state index contributed by atoms with van der Waals surface area (Å²) >= 11 is 6.03. The highest BCUT2D eigenvalue weighted by atomic mass is 35.5. The molecule has 0 spiro atoms. The molecule has 2 aromatic carbocycles. The van der Waals surface area contributed by atoms with Gasteiger partial charge in [-0.3, -0.25) is 4.79 Å². The minimum atomic E-state index is -0.124. The summed E-state index contributed by atoms with van der Waals surface area (Å²) in [6, 6.07) is 15.3. The van der Waals surface area contributed by atoms with E-state index in [2.05, 4.69) is 10.2 Å². The van der Waals surface area contributed by atoms with E-state index in [4.69, 9.17) is 16.3 Å². The number of ether oxygens (including phenoxy) is 1. The van der Waals surface area contributed by atoms with Crippen molar-refractivity contribution in [1.82, 2.24) is 10.2 Å². The van der Waals surface area contributed by atoms with Gasteiger partial charge in [0.1, 0.15) is 12.4 Å². The lowest BCUT2D eigenvalue weighted by atomic mass is 10.0. The molecular weight excluding hydrogens is 336 g/mol. The smallest absolute Gasteiger partial charge is 0.251 e. The molecule has 0 aromatic heterocycles. The summed E-state index contributed by atoms with van der Waals surface area (Å²) in [4.78, 5) is 14.8. The molecule has 0 saturated carbocycles. The van der Waals surface area contributed by atoms with Gasteiger partial charge in [0, 0.05) is 17.1 Å². The fraction of sp³-hybridized carbons (Fsp3) is 0.250. The number of rotatable bonds is 5. The maximum atomic E-state index is 12.7. The third-order valence-corrected chi connectivity index (χ3v) is 4.27. The molecule has 5 heteroatoms. The topological polar surface area (TPSA) is 41.6 Å². The van der Waals surface area contributed by atoms with Gasteiger partial charge in [0.2, 0.25) is 0 Å². The summed E-state index contributed by atoms with van der Waals surface area (Å²) in [6.45, 7) is 0.968. The van der Waals surface area contributed by atoms with Crippen molar-refractivity contribution in [2.45, 2.75) is 6.04 Å². The third kappa shape index (κ3) is 4.41. The predicted molar refractivity (Wildman–Crippen MR) is 101 cm³/mol. The number of halogens is 1. The molecule has 0 aliphatic carbocycles. The Balaban J connectivity index is 1.80. The van der Waals surface area contributed by atoms with Gasteiger partial charge in [-0.25, -0.2) is 0 Å². The van der Waals surface area contributed by atoms with Gasteiger partial charge in [-0.2, -0.15) is 0 Å². The first-order valence-electron chi connectivity index (χ1n) is 8.16. The lowest BCUT2D eigenvalue weighted by Gasteiger charge is -2.24. The molecule has 1 aliphatic heterocycles. The molecule has 1 unspecified atom stereocenters. The average molecular weight is 357 g/mol. The Hall–Kier alpha value is -2.30. The van der Waals surface area contributed by atoms with Crippen LogP contribution in [0.1, 0.15) is 17.2 Å². The number of carbonyl (C=O) groups excluding carboxylic acids is 1. The van der Waals surface area contributed by atoms with E-state index < -0.39 is 0 Å². The number of fused-ring (bicyclic) bond motifs is 1. The van der Waals surface area contributed by atoms with Crippen LogP contribution in [0.25, 0.3) is 6.08 Å². The molecule has 4 nitrogen and oxygen atoms in total. The fourth-order valence-corrected chi connectivity index (χ4v) is 3.00. The summed E-state index contributed by atoms with van der Waals surface area (Å²) in [5, 5.41) is 3.74. The van der Waals surface area contributed by atoms with Crippen LogP contribution in [-0.2, 0) is 4.79 Å². The van der Waals surface area contributed by atoms with Crippen LogP contribution >= 0.6 is 11.6 Å². The zero-order chi connectivity index (χ0) is 17.8. The van der Waals surface area contributed by atoms with Crippen molar-refractivity contribution in [3.63, 3.8) is 0 Å². The van der Waals surface area contributed by atoms with Crippen molar-refractivity contribution in [2.75, 3.05) is 27.2 Å². The zero-order valence-corrected chi connectivity index (χ0v) is 15.1. The summed E-state index contributed by atoms with van der Waals surface area (Å²) in [5.41, 5.74) is 2.49. The van der Waals surface area contributed by atoms with Gasteiger partial charge in [-0.1, -0.05) is 41.9 Å². The normalized spacial score (nSPS) is 14.3. The van der Waals surface area contributed by atoms with Gasteiger partial charge < -0.3 is 15.0 Å². The van der Waals surface area contributed by atoms with Crippen LogP contribution in [0.3, 0.4) is 0 Å². The highest BCUT2D eigenvalue weighted by Crippen LogP contribution is 2.29. The number of hydrogen-bond acceptors (Lipinski definition) is 3. The van der Waals surface area contributed by atoms with Crippen molar-refractivity contribution < 1.29 is 9.53 Å². The quantitative estimate of drug-likeness (QED) is 0.891. The second kappa shape index (κ2) is 7.72. The van der Waals surface area contributed by atoms with Crippen LogP contribution in [0.15, 0.2) is 54.1 Å². The molecule has 0 bridgehead atoms. The molecule has 130 valence electrons. The molecule has 0 saturated heterocycles. The summed E-state index contributed by atoms with van der Waals surface area (Å²) in [6.07, 6.45) is 1.84. The summed E-state index contributed by atoms with van der Waals surface area (Å²) in [5.74, 6) is 0.621. The van der Waals surface area contributed by atoms with E-state index in [0.29, 0.717) is 17.1 Å². The molecule has 1 N–H and O–H groups in total. The van der Waals surface area contributed by atoms with Gasteiger partial charge in [0.15, 0.2) is 0 Å². The molecule has 0 fully saturated rings. The van der Waals surface area contributed by atoms with Crippen molar-refractivity contribution >= 4 is 23.6 Å². The van der Waals surface area contributed by atoms with Gasteiger partial charge in [-0.15, -0.1) is 0 Å². The Morgan fingerprint density at radius 3 is 2.72 bits per heavy atom. The SMILES string of the molecule is CN(C)CC(NC(=O)C1=Cc2cc(Cl)ccc2OC1)c1ccccc1. The van der Waals surface area contributed by atoms with Gasteiger partial charge in [0.25, 0.3) is 5.91 Å². The minimum absolute atomic E-state index is 0.0923. The lowest BCUT2D eigenvalue weighted by Crippen LogP contribution is -2.37. The monoisotopic (exact) mass is 356 g/mol. The number of likely N-dealkylation sites (N-methyl/N-ethyl adjacent to an activating group) is 1. The van der Waals surface area contributed by atoms with E-state index in [1.165, 1.54) is 0 Å². The molecule has 1 atom stereocenters. The van der Waals surface area contributed by atoms with Crippen molar-refractivity contribution in [3.8, 4) is 5.75 Å². The zero-order valence-electron chi connectivity index (χ0n) is 14.3. The third-order valence-electron chi connectivity index (χ3n) is 4.03. The first kappa shape index (κ1) is 17.5. The highest BCUT2D eigenvalue weighted by Gasteiger charge is 2.21. The fourth-order valence-electron chi connectivity index (χ4n) is 2.82. The first-order chi connectivity index (χ1) is 12.0. The van der Waals surface area contributed by atoms with Crippen LogP contribution in [0.4, 0.5) is 0 Å². The van der Waals surface area contributed by atoms with Crippen LogP contribution < -0.4 is 10.1 Å². The molecule has 1 heterocycles. The van der Waals surface area contributed by atoms with Crippen molar-refractivity contribution in [3.05, 3.63) is 70.3 Å². The lowest BCUT2D eigenvalue weighted by molar-refractivity contribution is -0.118. The maximum absolute atomic E-state index is 12.7. The molecule has 1 amide bonds. The highest BCUT2D eigenvalue weighted by molar-refractivity contribution is 6.30. The Morgan fingerprint density at radius 2 is 2.00 bits per heavy atom. The van der Waals surface area contributed by atoms with E-state index in [0.717, 1.165) is 16.9 Å². The van der Waals surface area contributed by atoms with E-state index in [1.807, 2.05) is 56.6 Å². The Bertz CT molecular complexity index is 788. The maximum Gasteiger partial charge on any atom is 0.251 e. The number of nitrogens with one attached hydrogen (secondary N) is 1. The number of nitrogens with zero attached hydrogens (tertiary/aromatic N) is 1. The molecular formula is C20H21ClN2O2. The first-order valence-corrected chi connectivity index (χ1v) is 8.54. The number of benzene rings is 2. The average Bonchev–Trinajstić information content (AvgIpc) is 2.60. The number of hydrogen-bond donors (Lipinski definition) is 1. The Morgan fingerprint density at radius 1 is 1.24 bits per heavy atom. The van der Waals surface area contributed by atoms with Crippen LogP contribution in [0, 0.1) is 0 Å². The van der Waals surface area contributed by atoms with Crippen LogP contribution in [0.5, 0.6) is 5.75 Å². The summed E-state index contributed by atoms with van der Waals surface area (Å²) in [7, 11) is 3.98. The van der Waals surface area contributed by atoms with Gasteiger partial charge in [-0.05, 0) is 43.9 Å². The minimum Gasteiger partial charge on any atom is -0.488 e. The molecule has 25 heavy (non-hydrogen) atoms. The van der Waals surface area contributed by atoms with E-state index in [9.17, 15) is 4.79 Å². The predicted octanol–water partition coefficient (Wildman–Crippen LogP) is 3.53. The second-order valence-corrected chi connectivity index (χ2v) is 6.78. The van der Waals surface area contributed by atoms with Crippen LogP contribution in [-0.4, -0.2) is 38.1 Å². The van der Waals surface area contributed by atoms with Gasteiger partial charge in [0.05, 0.1) is 11.6 Å². The van der Waals surface area contributed by atoms with Gasteiger partial charge >= 0.3 is 0 Å². The van der Waals surface area contributed by atoms with E-state index >= 15 is 0 Å². The van der Waals surface area contributed by atoms with Crippen molar-refractivity contribution in [2.24, 2.45) is 0 Å². The summed E-state index contributed by atoms with van der Waals surface area (Å²) < 4.78 is 5.68. The van der Waals surface area contributed by atoms with E-state index in [-0.39, 0.29) is 18.6 Å². The molecule has 0 radical (unpaired) electrons. The number of carbonyl (C=O) groups is 1. The van der Waals surface area contributed by atoms with E-state index in [1.54, 1.807) is 12.1 Å². The second-order valence-electron chi connectivity index (χ2n) is 6.34. The number of amides is 1. The van der Waals surface area contributed by atoms with Crippen molar-refractivity contribution in [1.29, 1.82) is 0 Å². The molecule has 3 rings (SSSR count).